The van der Waals surface area contributed by atoms with Crippen LogP contribution < -0.4 is 4.74 Å². The monoisotopic (exact) mass is 282 g/mol. The average Bonchev–Trinajstić information content (AvgIpc) is 2.96. The molecule has 0 spiro atoms. The fraction of sp³-hybridized carbons (Fsp3) is 0.368. The van der Waals surface area contributed by atoms with Crippen LogP contribution in [-0.2, 0) is 19.3 Å². The van der Waals surface area contributed by atoms with Gasteiger partial charge in [-0.05, 0) is 54.5 Å². The molecule has 2 aromatic carbocycles. The second-order valence-corrected chi connectivity index (χ2v) is 5.76. The summed E-state index contributed by atoms with van der Waals surface area (Å²) in [4.78, 5) is 0. The smallest absolute Gasteiger partial charge is 0.119 e. The molecular formula is C19H22O2. The standard InChI is InChI=1S/C19H22O2/c20-18(11-12-21-19-7-2-1-3-8-19)14-15-9-10-16-5-4-6-17(16)13-15/h1-3,7-10,13,18,20H,4-6,11-12,14H2. The number of aryl methyl sites for hydroxylation is 2. The van der Waals surface area contributed by atoms with Gasteiger partial charge in [0.25, 0.3) is 0 Å². The maximum atomic E-state index is 10.1. The number of ether oxygens (including phenoxy) is 1. The summed E-state index contributed by atoms with van der Waals surface area (Å²) in [6.07, 6.45) is 4.71. The molecule has 0 aliphatic heterocycles. The van der Waals surface area contributed by atoms with E-state index in [2.05, 4.69) is 18.2 Å². The van der Waals surface area contributed by atoms with Gasteiger partial charge in [-0.15, -0.1) is 0 Å². The maximum absolute atomic E-state index is 10.1. The molecule has 0 radical (unpaired) electrons. The SMILES string of the molecule is OC(CCOc1ccccc1)Cc1ccc2c(c1)CCC2. The van der Waals surface area contributed by atoms with Gasteiger partial charge in [0.2, 0.25) is 0 Å². The molecule has 0 bridgehead atoms. The van der Waals surface area contributed by atoms with Crippen LogP contribution in [0.15, 0.2) is 48.5 Å². The highest BCUT2D eigenvalue weighted by Crippen LogP contribution is 2.23. The average molecular weight is 282 g/mol. The van der Waals surface area contributed by atoms with Gasteiger partial charge in [-0.1, -0.05) is 36.4 Å². The highest BCUT2D eigenvalue weighted by molar-refractivity contribution is 5.35. The van der Waals surface area contributed by atoms with Crippen molar-refractivity contribution in [3.05, 3.63) is 65.2 Å². The molecule has 0 heterocycles. The van der Waals surface area contributed by atoms with E-state index in [1.54, 1.807) is 0 Å². The molecule has 0 saturated carbocycles. The van der Waals surface area contributed by atoms with Crippen LogP contribution in [0.5, 0.6) is 5.75 Å². The number of benzene rings is 2. The Hall–Kier alpha value is -1.80. The zero-order valence-corrected chi connectivity index (χ0v) is 12.3. The molecule has 0 saturated heterocycles. The first-order chi connectivity index (χ1) is 10.3. The fourth-order valence-corrected chi connectivity index (χ4v) is 2.96. The summed E-state index contributed by atoms with van der Waals surface area (Å²) >= 11 is 0. The third-order valence-electron chi connectivity index (χ3n) is 4.10. The summed E-state index contributed by atoms with van der Waals surface area (Å²) in [5.74, 6) is 0.863. The molecule has 110 valence electrons. The van der Waals surface area contributed by atoms with Crippen molar-refractivity contribution in [1.29, 1.82) is 0 Å². The molecule has 1 aliphatic rings. The second kappa shape index (κ2) is 6.77. The number of rotatable bonds is 6. The van der Waals surface area contributed by atoms with Gasteiger partial charge in [0.05, 0.1) is 12.7 Å². The van der Waals surface area contributed by atoms with Crippen molar-refractivity contribution in [2.45, 2.75) is 38.2 Å². The first kappa shape index (κ1) is 14.2. The van der Waals surface area contributed by atoms with E-state index < -0.39 is 0 Å². The fourth-order valence-electron chi connectivity index (χ4n) is 2.96. The summed E-state index contributed by atoms with van der Waals surface area (Å²) in [5.41, 5.74) is 4.20. The van der Waals surface area contributed by atoms with Gasteiger partial charge in [-0.3, -0.25) is 0 Å². The minimum Gasteiger partial charge on any atom is -0.493 e. The van der Waals surface area contributed by atoms with Crippen LogP contribution in [0.25, 0.3) is 0 Å². The van der Waals surface area contributed by atoms with E-state index in [1.807, 2.05) is 30.3 Å². The van der Waals surface area contributed by atoms with Gasteiger partial charge in [0.15, 0.2) is 0 Å². The van der Waals surface area contributed by atoms with Crippen LogP contribution in [0.3, 0.4) is 0 Å². The van der Waals surface area contributed by atoms with E-state index in [4.69, 9.17) is 4.74 Å². The topological polar surface area (TPSA) is 29.5 Å². The Labute approximate surface area is 126 Å². The summed E-state index contributed by atoms with van der Waals surface area (Å²) in [5, 5.41) is 10.1. The molecule has 21 heavy (non-hydrogen) atoms. The lowest BCUT2D eigenvalue weighted by Crippen LogP contribution is -2.15. The Kier molecular flexibility index (Phi) is 4.56. The predicted molar refractivity (Wildman–Crippen MR) is 84.7 cm³/mol. The van der Waals surface area contributed by atoms with Gasteiger partial charge in [-0.25, -0.2) is 0 Å². The van der Waals surface area contributed by atoms with Gasteiger partial charge in [0.1, 0.15) is 5.75 Å². The van der Waals surface area contributed by atoms with Crippen LogP contribution in [0.4, 0.5) is 0 Å². The van der Waals surface area contributed by atoms with Crippen molar-refractivity contribution in [3.63, 3.8) is 0 Å². The molecule has 0 fully saturated rings. The zero-order chi connectivity index (χ0) is 14.5. The van der Waals surface area contributed by atoms with Crippen LogP contribution in [0.2, 0.25) is 0 Å². The van der Waals surface area contributed by atoms with Crippen LogP contribution in [0.1, 0.15) is 29.5 Å². The predicted octanol–water partition coefficient (Wildman–Crippen LogP) is 3.55. The maximum Gasteiger partial charge on any atom is 0.119 e. The Morgan fingerprint density at radius 3 is 2.67 bits per heavy atom. The molecule has 0 amide bonds. The van der Waals surface area contributed by atoms with E-state index >= 15 is 0 Å². The quantitative estimate of drug-likeness (QED) is 0.878. The van der Waals surface area contributed by atoms with E-state index in [0.717, 1.165) is 5.75 Å². The molecule has 2 nitrogen and oxygen atoms in total. The van der Waals surface area contributed by atoms with E-state index in [0.29, 0.717) is 19.4 Å². The third-order valence-corrected chi connectivity index (χ3v) is 4.10. The van der Waals surface area contributed by atoms with Gasteiger partial charge >= 0.3 is 0 Å². The lowest BCUT2D eigenvalue weighted by atomic mass is 10.0. The minimum absolute atomic E-state index is 0.340. The van der Waals surface area contributed by atoms with E-state index in [1.165, 1.54) is 36.0 Å². The molecule has 2 heteroatoms. The highest BCUT2D eigenvalue weighted by Gasteiger charge is 2.12. The minimum atomic E-state index is -0.340. The Bertz CT molecular complexity index is 577. The van der Waals surface area contributed by atoms with Crippen molar-refractivity contribution in [1.82, 2.24) is 0 Å². The molecule has 3 rings (SSSR count). The van der Waals surface area contributed by atoms with Gasteiger partial charge < -0.3 is 9.84 Å². The molecule has 1 aliphatic carbocycles. The Morgan fingerprint density at radius 2 is 1.81 bits per heavy atom. The molecular weight excluding hydrogens is 260 g/mol. The van der Waals surface area contributed by atoms with Crippen molar-refractivity contribution < 1.29 is 9.84 Å². The number of aliphatic hydroxyl groups excluding tert-OH is 1. The lowest BCUT2D eigenvalue weighted by molar-refractivity contribution is 0.139. The largest absolute Gasteiger partial charge is 0.493 e. The summed E-state index contributed by atoms with van der Waals surface area (Å²) in [7, 11) is 0. The molecule has 0 aromatic heterocycles. The third kappa shape index (κ3) is 3.85. The van der Waals surface area contributed by atoms with Gasteiger partial charge in [0, 0.05) is 6.42 Å². The normalized spacial score (nSPS) is 14.7. The number of aliphatic hydroxyl groups is 1. The van der Waals surface area contributed by atoms with E-state index in [-0.39, 0.29) is 6.10 Å². The van der Waals surface area contributed by atoms with Crippen molar-refractivity contribution in [3.8, 4) is 5.75 Å². The Balaban J connectivity index is 1.47. The number of hydrogen-bond acceptors (Lipinski definition) is 2. The first-order valence-electron chi connectivity index (χ1n) is 7.78. The number of para-hydroxylation sites is 1. The molecule has 1 unspecified atom stereocenters. The summed E-state index contributed by atoms with van der Waals surface area (Å²) in [6, 6.07) is 16.4. The van der Waals surface area contributed by atoms with Crippen LogP contribution in [0, 0.1) is 0 Å². The zero-order valence-electron chi connectivity index (χ0n) is 12.3. The van der Waals surface area contributed by atoms with E-state index in [9.17, 15) is 5.11 Å². The molecule has 2 aromatic rings. The van der Waals surface area contributed by atoms with Gasteiger partial charge in [-0.2, -0.15) is 0 Å². The van der Waals surface area contributed by atoms with Crippen molar-refractivity contribution >= 4 is 0 Å². The first-order valence-corrected chi connectivity index (χ1v) is 7.78. The lowest BCUT2D eigenvalue weighted by Gasteiger charge is -2.12. The highest BCUT2D eigenvalue weighted by atomic mass is 16.5. The Morgan fingerprint density at radius 1 is 1.00 bits per heavy atom. The van der Waals surface area contributed by atoms with Crippen molar-refractivity contribution in [2.24, 2.45) is 0 Å². The number of fused-ring (bicyclic) bond motifs is 1. The molecule has 1 atom stereocenters. The second-order valence-electron chi connectivity index (χ2n) is 5.76. The van der Waals surface area contributed by atoms with Crippen molar-refractivity contribution in [2.75, 3.05) is 6.61 Å². The van der Waals surface area contributed by atoms with Crippen LogP contribution >= 0.6 is 0 Å². The summed E-state index contributed by atoms with van der Waals surface area (Å²) in [6.45, 7) is 0.552. The van der Waals surface area contributed by atoms with Crippen LogP contribution in [-0.4, -0.2) is 17.8 Å². The number of hydrogen-bond donors (Lipinski definition) is 1. The summed E-state index contributed by atoms with van der Waals surface area (Å²) < 4.78 is 5.63. The molecule has 1 N–H and O–H groups in total.